The van der Waals surface area contributed by atoms with Crippen LogP contribution in [0.4, 0.5) is 20.2 Å². The number of nitrogens with one attached hydrogen (secondary N) is 3. The van der Waals surface area contributed by atoms with Crippen LogP contribution in [-0.2, 0) is 20.7 Å². The van der Waals surface area contributed by atoms with Crippen molar-refractivity contribution in [1.29, 1.82) is 0 Å². The van der Waals surface area contributed by atoms with Gasteiger partial charge in [0.15, 0.2) is 5.60 Å². The van der Waals surface area contributed by atoms with Crippen molar-refractivity contribution >= 4 is 29.9 Å². The van der Waals surface area contributed by atoms with E-state index in [1.807, 2.05) is 65.8 Å². The molecule has 5 rings (SSSR count). The first kappa shape index (κ1) is 40.5. The van der Waals surface area contributed by atoms with E-state index >= 15 is 0 Å². The third-order valence-electron chi connectivity index (χ3n) is 10.2. The Kier molecular flexibility index (Phi) is 12.0. The molecule has 2 saturated heterocycles. The zero-order chi connectivity index (χ0) is 39.6. The van der Waals surface area contributed by atoms with Crippen LogP contribution in [0.1, 0.15) is 74.3 Å². The standard InChI is InChI=1S/C39H58N8O7/c1-10-26(46-23-29-28(30(29)24-46)22-40-35(51)53-38(5,6)7)21-25-11-13-27(14-12-25)47-16-15-31(42-34(47)50)41-33(49)45-19-17-44(18-20-45)32(48)39(8,9)54-36(52)43-37(2,3)4/h11-16,26,28-30H,10,17-24H2,1-9H3,(H,40,51)(H,43,52)(H,41,42,49,50). The first-order valence-corrected chi connectivity index (χ1v) is 19.0. The number of hydrogen-bond donors (Lipinski definition) is 3. The Labute approximate surface area is 318 Å². The summed E-state index contributed by atoms with van der Waals surface area (Å²) in [5.41, 5.74) is -1.05. The molecule has 3 aliphatic rings. The van der Waals surface area contributed by atoms with Gasteiger partial charge in [-0.15, -0.1) is 0 Å². The summed E-state index contributed by atoms with van der Waals surface area (Å²) in [6.07, 6.45) is 2.49. The van der Waals surface area contributed by atoms with Crippen LogP contribution in [0.5, 0.6) is 0 Å². The molecule has 3 heterocycles. The van der Waals surface area contributed by atoms with Crippen LogP contribution in [-0.4, -0.2) is 117 Å². The van der Waals surface area contributed by atoms with Gasteiger partial charge in [-0.05, 0) is 110 Å². The molecular weight excluding hydrogens is 692 g/mol. The summed E-state index contributed by atoms with van der Waals surface area (Å²) in [6, 6.07) is 9.47. The number of urea groups is 1. The molecule has 5 amide bonds. The predicted octanol–water partition coefficient (Wildman–Crippen LogP) is 4.24. The predicted molar refractivity (Wildman–Crippen MR) is 205 cm³/mol. The van der Waals surface area contributed by atoms with Gasteiger partial charge in [0.25, 0.3) is 5.91 Å². The number of amides is 5. The Morgan fingerprint density at radius 3 is 2.02 bits per heavy atom. The van der Waals surface area contributed by atoms with Crippen LogP contribution in [0, 0.1) is 17.8 Å². The van der Waals surface area contributed by atoms with Gasteiger partial charge in [0.2, 0.25) is 0 Å². The third kappa shape index (κ3) is 10.5. The van der Waals surface area contributed by atoms with Crippen molar-refractivity contribution in [1.82, 2.24) is 34.9 Å². The number of ether oxygens (including phenoxy) is 2. The van der Waals surface area contributed by atoms with Crippen LogP contribution in [0.3, 0.4) is 0 Å². The number of carbonyl (C=O) groups is 4. The maximum Gasteiger partial charge on any atom is 0.408 e. The minimum atomic E-state index is -1.38. The molecular formula is C39H58N8O7. The summed E-state index contributed by atoms with van der Waals surface area (Å²) in [5.74, 6) is 1.52. The second kappa shape index (κ2) is 16.0. The fourth-order valence-corrected chi connectivity index (χ4v) is 7.35. The van der Waals surface area contributed by atoms with Gasteiger partial charge in [-0.25, -0.2) is 19.2 Å². The van der Waals surface area contributed by atoms with E-state index in [2.05, 4.69) is 32.8 Å². The van der Waals surface area contributed by atoms with Gasteiger partial charge in [-0.3, -0.25) is 19.6 Å². The second-order valence-electron chi connectivity index (χ2n) is 17.2. The average Bonchev–Trinajstić information content (AvgIpc) is 3.52. The lowest BCUT2D eigenvalue weighted by Crippen LogP contribution is -2.57. The summed E-state index contributed by atoms with van der Waals surface area (Å²) in [5, 5.41) is 8.33. The van der Waals surface area contributed by atoms with Crippen molar-refractivity contribution in [2.24, 2.45) is 17.8 Å². The van der Waals surface area contributed by atoms with Crippen molar-refractivity contribution in [2.45, 2.75) is 97.9 Å². The second-order valence-corrected chi connectivity index (χ2v) is 17.2. The number of nitrogens with zero attached hydrogens (tertiary/aromatic N) is 5. The number of benzene rings is 1. The number of aromatic nitrogens is 2. The van der Waals surface area contributed by atoms with Gasteiger partial charge >= 0.3 is 23.9 Å². The Morgan fingerprint density at radius 2 is 1.46 bits per heavy atom. The molecule has 2 aromatic rings. The molecule has 1 aromatic heterocycles. The number of hydrogen-bond acceptors (Lipinski definition) is 9. The van der Waals surface area contributed by atoms with Crippen LogP contribution in [0.25, 0.3) is 5.69 Å². The van der Waals surface area contributed by atoms with Crippen LogP contribution >= 0.6 is 0 Å². The lowest BCUT2D eigenvalue weighted by atomic mass is 10.0. The molecule has 15 nitrogen and oxygen atoms in total. The zero-order valence-electron chi connectivity index (χ0n) is 33.2. The molecule has 0 bridgehead atoms. The smallest absolute Gasteiger partial charge is 0.408 e. The molecule has 0 radical (unpaired) electrons. The molecule has 1 aromatic carbocycles. The number of piperazine rings is 1. The molecule has 3 N–H and O–H groups in total. The first-order chi connectivity index (χ1) is 25.2. The SMILES string of the molecule is CCC(Cc1ccc(-n2ccc(NC(=O)N3CCN(C(=O)C(C)(C)OC(=O)NC(C)(C)C)CC3)nc2=O)cc1)N1CC2C(CNC(=O)OC(C)(C)C)C2C1. The number of alkyl carbamates (subject to hydrolysis) is 2. The average molecular weight is 751 g/mol. The van der Waals surface area contributed by atoms with Gasteiger partial charge in [0.05, 0.1) is 5.69 Å². The molecule has 3 atom stereocenters. The third-order valence-corrected chi connectivity index (χ3v) is 10.2. The minimum absolute atomic E-state index is 0.132. The van der Waals surface area contributed by atoms with Crippen molar-refractivity contribution in [3.63, 3.8) is 0 Å². The van der Waals surface area contributed by atoms with Crippen LogP contribution < -0.4 is 21.6 Å². The van der Waals surface area contributed by atoms with E-state index in [4.69, 9.17) is 9.47 Å². The summed E-state index contributed by atoms with van der Waals surface area (Å²) >= 11 is 0. The Bertz CT molecular complexity index is 1730. The quantitative estimate of drug-likeness (QED) is 0.322. The van der Waals surface area contributed by atoms with Gasteiger partial charge < -0.3 is 29.9 Å². The fourth-order valence-electron chi connectivity index (χ4n) is 7.35. The van der Waals surface area contributed by atoms with Crippen molar-refractivity contribution in [3.05, 3.63) is 52.6 Å². The topological polar surface area (TPSA) is 167 Å². The van der Waals surface area contributed by atoms with E-state index in [0.717, 1.165) is 25.9 Å². The summed E-state index contributed by atoms with van der Waals surface area (Å²) in [7, 11) is 0. The summed E-state index contributed by atoms with van der Waals surface area (Å²) in [4.78, 5) is 73.3. The van der Waals surface area contributed by atoms with Crippen molar-refractivity contribution < 1.29 is 28.7 Å². The van der Waals surface area contributed by atoms with Crippen LogP contribution in [0.2, 0.25) is 0 Å². The van der Waals surface area contributed by atoms with E-state index in [1.165, 1.54) is 10.1 Å². The summed E-state index contributed by atoms with van der Waals surface area (Å²) < 4.78 is 12.2. The number of fused-ring (bicyclic) bond motifs is 1. The number of anilines is 1. The van der Waals surface area contributed by atoms with Crippen molar-refractivity contribution in [2.75, 3.05) is 51.1 Å². The zero-order valence-corrected chi connectivity index (χ0v) is 33.2. The Balaban J connectivity index is 1.07. The maximum atomic E-state index is 13.1. The normalized spacial score (nSPS) is 20.8. The Morgan fingerprint density at radius 1 is 0.852 bits per heavy atom. The van der Waals surface area contributed by atoms with Gasteiger partial charge in [0, 0.05) is 63.6 Å². The molecule has 0 spiro atoms. The number of rotatable bonds is 10. The van der Waals surface area contributed by atoms with E-state index in [9.17, 15) is 24.0 Å². The monoisotopic (exact) mass is 750 g/mol. The number of carbonyl (C=O) groups excluding carboxylic acids is 4. The molecule has 1 aliphatic carbocycles. The highest BCUT2D eigenvalue weighted by atomic mass is 16.6. The van der Waals surface area contributed by atoms with Gasteiger partial charge in [-0.2, -0.15) is 4.98 Å². The molecule has 3 unspecified atom stereocenters. The molecule has 3 fully saturated rings. The maximum absolute atomic E-state index is 13.1. The van der Waals surface area contributed by atoms with E-state index < -0.39 is 34.6 Å². The lowest BCUT2D eigenvalue weighted by Gasteiger charge is -2.38. The van der Waals surface area contributed by atoms with E-state index in [-0.39, 0.29) is 44.0 Å². The first-order valence-electron chi connectivity index (χ1n) is 19.0. The highest BCUT2D eigenvalue weighted by Gasteiger charge is 2.56. The Hall–Kier alpha value is -4.66. The lowest BCUT2D eigenvalue weighted by molar-refractivity contribution is -0.149. The highest BCUT2D eigenvalue weighted by molar-refractivity contribution is 5.89. The molecule has 2 aliphatic heterocycles. The minimum Gasteiger partial charge on any atom is -0.444 e. The van der Waals surface area contributed by atoms with Gasteiger partial charge in [-0.1, -0.05) is 19.1 Å². The largest absolute Gasteiger partial charge is 0.444 e. The van der Waals surface area contributed by atoms with E-state index in [0.29, 0.717) is 36.0 Å². The fraction of sp³-hybridized carbons (Fsp3) is 0.641. The molecule has 15 heteroatoms. The van der Waals surface area contributed by atoms with Gasteiger partial charge in [0.1, 0.15) is 11.4 Å². The summed E-state index contributed by atoms with van der Waals surface area (Å²) in [6.45, 7) is 20.1. The molecule has 1 saturated carbocycles. The number of likely N-dealkylation sites (tertiary alicyclic amines) is 1. The molecule has 54 heavy (non-hydrogen) atoms. The number of piperidine rings is 1. The van der Waals surface area contributed by atoms with Crippen LogP contribution in [0.15, 0.2) is 41.3 Å². The highest BCUT2D eigenvalue weighted by Crippen LogP contribution is 2.52. The van der Waals surface area contributed by atoms with E-state index in [1.54, 1.807) is 35.9 Å². The molecule has 296 valence electrons. The van der Waals surface area contributed by atoms with Crippen molar-refractivity contribution in [3.8, 4) is 5.69 Å².